The molecule has 2 N–H and O–H groups in total. The van der Waals surface area contributed by atoms with Gasteiger partial charge in [0, 0.05) is 12.8 Å². The van der Waals surface area contributed by atoms with Crippen LogP contribution in [0.5, 0.6) is 0 Å². The Balaban J connectivity index is 1.78. The molecular formula is C16H20O4. The maximum atomic E-state index is 10.3. The highest BCUT2D eigenvalue weighted by molar-refractivity contribution is 5.54. The molecule has 0 bridgehead atoms. The van der Waals surface area contributed by atoms with E-state index in [1.807, 2.05) is 18.2 Å². The Labute approximate surface area is 118 Å². The fraction of sp³-hybridized carbons (Fsp3) is 0.500. The second-order valence-electron chi connectivity index (χ2n) is 5.51. The van der Waals surface area contributed by atoms with Crippen LogP contribution in [0.15, 0.2) is 24.8 Å². The van der Waals surface area contributed by atoms with Crippen LogP contribution in [0.3, 0.4) is 0 Å². The van der Waals surface area contributed by atoms with Crippen LogP contribution < -0.4 is 0 Å². The number of benzene rings is 1. The number of aliphatic hydroxyl groups excluding tert-OH is 2. The second-order valence-corrected chi connectivity index (χ2v) is 5.51. The second kappa shape index (κ2) is 5.66. The van der Waals surface area contributed by atoms with E-state index >= 15 is 0 Å². The summed E-state index contributed by atoms with van der Waals surface area (Å²) in [4.78, 5) is 0. The van der Waals surface area contributed by atoms with Gasteiger partial charge in [0.15, 0.2) is 0 Å². The SMILES string of the molecule is C=Cc1ccc(C(O)CC2CO2)cc1C(O)CC1CO1. The Morgan fingerprint density at radius 1 is 1.15 bits per heavy atom. The molecule has 2 heterocycles. The lowest BCUT2D eigenvalue weighted by Crippen LogP contribution is -2.07. The molecule has 0 spiro atoms. The first kappa shape index (κ1) is 13.8. The summed E-state index contributed by atoms with van der Waals surface area (Å²) in [6.45, 7) is 5.23. The third-order valence-electron chi connectivity index (χ3n) is 3.85. The predicted octanol–water partition coefficient (Wildman–Crippen LogP) is 1.97. The summed E-state index contributed by atoms with van der Waals surface area (Å²) in [5, 5.41) is 20.5. The Hall–Kier alpha value is -1.20. The summed E-state index contributed by atoms with van der Waals surface area (Å²) < 4.78 is 10.3. The van der Waals surface area contributed by atoms with Crippen molar-refractivity contribution < 1.29 is 19.7 Å². The van der Waals surface area contributed by atoms with E-state index in [0.717, 1.165) is 29.9 Å². The van der Waals surface area contributed by atoms with Crippen molar-refractivity contribution in [2.45, 2.75) is 37.3 Å². The fourth-order valence-electron chi connectivity index (χ4n) is 2.44. The highest BCUT2D eigenvalue weighted by atomic mass is 16.6. The van der Waals surface area contributed by atoms with Gasteiger partial charge in [-0.1, -0.05) is 30.9 Å². The zero-order valence-corrected chi connectivity index (χ0v) is 11.4. The van der Waals surface area contributed by atoms with Crippen LogP contribution in [0.2, 0.25) is 0 Å². The van der Waals surface area contributed by atoms with Gasteiger partial charge in [0.2, 0.25) is 0 Å². The summed E-state index contributed by atoms with van der Waals surface area (Å²) in [7, 11) is 0. The summed E-state index contributed by atoms with van der Waals surface area (Å²) >= 11 is 0. The van der Waals surface area contributed by atoms with Gasteiger partial charge in [-0.3, -0.25) is 0 Å². The van der Waals surface area contributed by atoms with E-state index in [-0.39, 0.29) is 12.2 Å². The molecule has 0 radical (unpaired) electrons. The maximum Gasteiger partial charge on any atom is 0.0837 e. The molecular weight excluding hydrogens is 256 g/mol. The van der Waals surface area contributed by atoms with Gasteiger partial charge < -0.3 is 19.7 Å². The van der Waals surface area contributed by atoms with E-state index in [9.17, 15) is 10.2 Å². The molecule has 20 heavy (non-hydrogen) atoms. The summed E-state index contributed by atoms with van der Waals surface area (Å²) in [6.07, 6.45) is 2.13. The van der Waals surface area contributed by atoms with Crippen LogP contribution in [0.4, 0.5) is 0 Å². The van der Waals surface area contributed by atoms with Crippen LogP contribution in [0, 0.1) is 0 Å². The van der Waals surface area contributed by atoms with Crippen molar-refractivity contribution in [1.29, 1.82) is 0 Å². The normalized spacial score (nSPS) is 26.9. The lowest BCUT2D eigenvalue weighted by atomic mass is 9.94. The lowest BCUT2D eigenvalue weighted by Gasteiger charge is -2.17. The van der Waals surface area contributed by atoms with E-state index in [0.29, 0.717) is 12.8 Å². The van der Waals surface area contributed by atoms with Crippen molar-refractivity contribution in [3.63, 3.8) is 0 Å². The van der Waals surface area contributed by atoms with Gasteiger partial charge in [0.1, 0.15) is 0 Å². The Morgan fingerprint density at radius 2 is 1.75 bits per heavy atom. The molecule has 0 amide bonds. The highest BCUT2D eigenvalue weighted by Gasteiger charge is 2.29. The average Bonchev–Trinajstić information content (AvgIpc) is 3.34. The van der Waals surface area contributed by atoms with Crippen molar-refractivity contribution in [1.82, 2.24) is 0 Å². The molecule has 2 saturated heterocycles. The van der Waals surface area contributed by atoms with E-state index in [4.69, 9.17) is 9.47 Å². The number of hydrogen-bond acceptors (Lipinski definition) is 4. The van der Waals surface area contributed by atoms with Crippen molar-refractivity contribution in [2.24, 2.45) is 0 Å². The van der Waals surface area contributed by atoms with Crippen molar-refractivity contribution in [3.05, 3.63) is 41.5 Å². The third kappa shape index (κ3) is 3.27. The largest absolute Gasteiger partial charge is 0.388 e. The molecule has 3 rings (SSSR count). The van der Waals surface area contributed by atoms with Crippen LogP contribution in [-0.2, 0) is 9.47 Å². The standard InChI is InChI=1S/C16H20O4/c1-2-10-3-4-11(15(17)6-12-8-19-12)5-14(10)16(18)7-13-9-20-13/h2-5,12-13,15-18H,1,6-9H2. The first-order valence-corrected chi connectivity index (χ1v) is 7.03. The van der Waals surface area contributed by atoms with Gasteiger partial charge >= 0.3 is 0 Å². The van der Waals surface area contributed by atoms with E-state index < -0.39 is 12.2 Å². The monoisotopic (exact) mass is 276 g/mol. The molecule has 2 aliphatic rings. The van der Waals surface area contributed by atoms with Crippen LogP contribution in [0.1, 0.15) is 41.7 Å². The van der Waals surface area contributed by atoms with Crippen LogP contribution >= 0.6 is 0 Å². The molecule has 0 saturated carbocycles. The molecule has 4 atom stereocenters. The maximum absolute atomic E-state index is 10.3. The van der Waals surface area contributed by atoms with Gasteiger partial charge in [-0.25, -0.2) is 0 Å². The molecule has 0 aliphatic carbocycles. The fourth-order valence-corrected chi connectivity index (χ4v) is 2.44. The van der Waals surface area contributed by atoms with E-state index in [1.54, 1.807) is 6.08 Å². The predicted molar refractivity (Wildman–Crippen MR) is 75.2 cm³/mol. The zero-order chi connectivity index (χ0) is 14.1. The highest BCUT2D eigenvalue weighted by Crippen LogP contribution is 2.32. The van der Waals surface area contributed by atoms with E-state index in [1.165, 1.54) is 0 Å². The smallest absolute Gasteiger partial charge is 0.0837 e. The number of ether oxygens (including phenoxy) is 2. The minimum absolute atomic E-state index is 0.163. The first-order chi connectivity index (χ1) is 9.67. The summed E-state index contributed by atoms with van der Waals surface area (Å²) in [5.74, 6) is 0. The van der Waals surface area contributed by atoms with Gasteiger partial charge in [-0.15, -0.1) is 0 Å². The van der Waals surface area contributed by atoms with Gasteiger partial charge in [0.25, 0.3) is 0 Å². The average molecular weight is 276 g/mol. The zero-order valence-electron chi connectivity index (χ0n) is 11.4. The summed E-state index contributed by atoms with van der Waals surface area (Å²) in [5.41, 5.74) is 2.53. The molecule has 1 aromatic rings. The topological polar surface area (TPSA) is 65.5 Å². The lowest BCUT2D eigenvalue weighted by molar-refractivity contribution is 0.148. The van der Waals surface area contributed by atoms with Crippen LogP contribution in [-0.4, -0.2) is 35.6 Å². The van der Waals surface area contributed by atoms with Crippen molar-refractivity contribution >= 4 is 6.08 Å². The molecule has 108 valence electrons. The Kier molecular flexibility index (Phi) is 3.89. The number of rotatable bonds is 7. The molecule has 1 aromatic carbocycles. The number of aliphatic hydroxyl groups is 2. The van der Waals surface area contributed by atoms with Gasteiger partial charge in [0.05, 0.1) is 37.6 Å². The molecule has 0 aromatic heterocycles. The van der Waals surface area contributed by atoms with Gasteiger partial charge in [-0.2, -0.15) is 0 Å². The quantitative estimate of drug-likeness (QED) is 0.747. The first-order valence-electron chi connectivity index (χ1n) is 7.03. The third-order valence-corrected chi connectivity index (χ3v) is 3.85. The minimum atomic E-state index is -0.583. The van der Waals surface area contributed by atoms with Crippen molar-refractivity contribution in [3.8, 4) is 0 Å². The van der Waals surface area contributed by atoms with Crippen LogP contribution in [0.25, 0.3) is 6.08 Å². The van der Waals surface area contributed by atoms with Gasteiger partial charge in [-0.05, 0) is 16.7 Å². The molecule has 4 heteroatoms. The summed E-state index contributed by atoms with van der Waals surface area (Å²) in [6, 6.07) is 5.65. The Bertz CT molecular complexity index is 491. The molecule has 2 fully saturated rings. The Morgan fingerprint density at radius 3 is 2.30 bits per heavy atom. The molecule has 2 aliphatic heterocycles. The number of hydrogen-bond donors (Lipinski definition) is 2. The number of epoxide rings is 2. The molecule has 4 unspecified atom stereocenters. The molecule has 4 nitrogen and oxygen atoms in total. The van der Waals surface area contributed by atoms with Crippen molar-refractivity contribution in [2.75, 3.05) is 13.2 Å². The van der Waals surface area contributed by atoms with E-state index in [2.05, 4.69) is 6.58 Å². The minimum Gasteiger partial charge on any atom is -0.388 e.